The second kappa shape index (κ2) is 5.72. The van der Waals surface area contributed by atoms with Crippen molar-refractivity contribution < 1.29 is 4.92 Å². The predicted octanol–water partition coefficient (Wildman–Crippen LogP) is 3.85. The molecule has 0 radical (unpaired) electrons. The molecule has 2 aliphatic carbocycles. The highest BCUT2D eigenvalue weighted by atomic mass is 16.6. The molecule has 1 N–H and O–H groups in total. The van der Waals surface area contributed by atoms with E-state index in [4.69, 9.17) is 5.26 Å². The first-order valence-electron chi connectivity index (χ1n) is 7.62. The minimum atomic E-state index is -0.412. The lowest BCUT2D eigenvalue weighted by Crippen LogP contribution is -2.28. The fourth-order valence-corrected chi connectivity index (χ4v) is 3.45. The Morgan fingerprint density at radius 3 is 2.71 bits per heavy atom. The quantitative estimate of drug-likeness (QED) is 0.673. The van der Waals surface area contributed by atoms with Crippen molar-refractivity contribution in [3.63, 3.8) is 0 Å². The minimum Gasteiger partial charge on any atom is -0.377 e. The summed E-state index contributed by atoms with van der Waals surface area (Å²) in [5, 5.41) is 23.4. The fourth-order valence-electron chi connectivity index (χ4n) is 3.45. The third-order valence-electron chi connectivity index (χ3n) is 4.69. The lowest BCUT2D eigenvalue weighted by molar-refractivity contribution is -0.384. The Morgan fingerprint density at radius 2 is 2.05 bits per heavy atom. The maximum Gasteiger partial charge on any atom is 0.293 e. The smallest absolute Gasteiger partial charge is 0.293 e. The van der Waals surface area contributed by atoms with Gasteiger partial charge in [-0.1, -0.05) is 12.8 Å². The molecule has 2 atom stereocenters. The average Bonchev–Trinajstić information content (AvgIpc) is 3.32. The highest BCUT2D eigenvalue weighted by Crippen LogP contribution is 2.44. The zero-order valence-electron chi connectivity index (χ0n) is 11.9. The van der Waals surface area contributed by atoms with Gasteiger partial charge in [0.2, 0.25) is 0 Å². The molecular formula is C16H19N3O2. The van der Waals surface area contributed by atoms with Crippen molar-refractivity contribution in [1.29, 1.82) is 5.26 Å². The van der Waals surface area contributed by atoms with Gasteiger partial charge >= 0.3 is 0 Å². The Balaban J connectivity index is 1.74. The number of hydrogen-bond acceptors (Lipinski definition) is 4. The van der Waals surface area contributed by atoms with Crippen molar-refractivity contribution in [2.45, 2.75) is 44.6 Å². The van der Waals surface area contributed by atoms with E-state index < -0.39 is 4.92 Å². The number of anilines is 1. The Hall–Kier alpha value is -2.09. The van der Waals surface area contributed by atoms with Gasteiger partial charge in [0.25, 0.3) is 5.69 Å². The molecule has 1 aromatic carbocycles. The van der Waals surface area contributed by atoms with Crippen LogP contribution in [0.5, 0.6) is 0 Å². The van der Waals surface area contributed by atoms with Gasteiger partial charge in [0.05, 0.1) is 16.6 Å². The SMILES string of the molecule is N#Cc1ccc(NC2CCCC(C3CC3)C2)c([N+](=O)[O-])c1. The van der Waals surface area contributed by atoms with E-state index >= 15 is 0 Å². The van der Waals surface area contributed by atoms with E-state index in [-0.39, 0.29) is 5.69 Å². The number of hydrogen-bond donors (Lipinski definition) is 1. The van der Waals surface area contributed by atoms with Crippen molar-refractivity contribution >= 4 is 11.4 Å². The molecule has 0 saturated heterocycles. The molecule has 2 unspecified atom stereocenters. The molecular weight excluding hydrogens is 266 g/mol. The van der Waals surface area contributed by atoms with E-state index in [0.717, 1.165) is 24.7 Å². The third kappa shape index (κ3) is 3.15. The van der Waals surface area contributed by atoms with Crippen molar-refractivity contribution in [2.24, 2.45) is 11.8 Å². The van der Waals surface area contributed by atoms with Crippen LogP contribution in [0.4, 0.5) is 11.4 Å². The summed E-state index contributed by atoms with van der Waals surface area (Å²) in [5.41, 5.74) is 0.870. The third-order valence-corrected chi connectivity index (χ3v) is 4.69. The Kier molecular flexibility index (Phi) is 3.78. The Bertz CT molecular complexity index is 590. The summed E-state index contributed by atoms with van der Waals surface area (Å²) >= 11 is 0. The van der Waals surface area contributed by atoms with Crippen LogP contribution in [0.2, 0.25) is 0 Å². The summed E-state index contributed by atoms with van der Waals surface area (Å²) < 4.78 is 0. The van der Waals surface area contributed by atoms with Crippen molar-refractivity contribution in [2.75, 3.05) is 5.32 Å². The standard InChI is InChI=1S/C16H19N3O2/c17-10-11-4-7-15(16(8-11)19(20)21)18-14-3-1-2-13(9-14)12-5-6-12/h4,7-8,12-14,18H,1-3,5-6,9H2. The molecule has 3 rings (SSSR count). The van der Waals surface area contributed by atoms with Gasteiger partial charge in [-0.15, -0.1) is 0 Å². The first-order chi connectivity index (χ1) is 10.2. The van der Waals surface area contributed by atoms with Gasteiger partial charge in [-0.05, 0) is 49.7 Å². The van der Waals surface area contributed by atoms with Gasteiger partial charge in [0, 0.05) is 12.1 Å². The second-order valence-electron chi connectivity index (χ2n) is 6.21. The fraction of sp³-hybridized carbons (Fsp3) is 0.562. The summed E-state index contributed by atoms with van der Waals surface area (Å²) in [6.45, 7) is 0. The highest BCUT2D eigenvalue weighted by Gasteiger charge is 2.35. The van der Waals surface area contributed by atoms with Gasteiger partial charge in [-0.25, -0.2) is 0 Å². The number of nitrogens with zero attached hydrogens (tertiary/aromatic N) is 2. The zero-order valence-corrected chi connectivity index (χ0v) is 11.9. The van der Waals surface area contributed by atoms with Gasteiger partial charge in [0.1, 0.15) is 5.69 Å². The number of nitro benzene ring substituents is 1. The van der Waals surface area contributed by atoms with Crippen LogP contribution in [-0.2, 0) is 0 Å². The first-order valence-corrected chi connectivity index (χ1v) is 7.62. The maximum absolute atomic E-state index is 11.2. The van der Waals surface area contributed by atoms with E-state index in [2.05, 4.69) is 5.32 Å². The molecule has 21 heavy (non-hydrogen) atoms. The Labute approximate surface area is 124 Å². The maximum atomic E-state index is 11.2. The molecule has 0 amide bonds. The molecule has 0 aromatic heterocycles. The van der Waals surface area contributed by atoms with Crippen LogP contribution in [0, 0.1) is 33.3 Å². The molecule has 1 aromatic rings. The summed E-state index contributed by atoms with van der Waals surface area (Å²) in [5.74, 6) is 1.68. The molecule has 2 fully saturated rings. The van der Waals surface area contributed by atoms with Gasteiger partial charge in [0.15, 0.2) is 0 Å². The topological polar surface area (TPSA) is 79.0 Å². The summed E-state index contributed by atoms with van der Waals surface area (Å²) in [6.07, 6.45) is 7.40. The number of nitrogens with one attached hydrogen (secondary N) is 1. The number of rotatable bonds is 4. The Morgan fingerprint density at radius 1 is 1.24 bits per heavy atom. The van der Waals surface area contributed by atoms with Gasteiger partial charge < -0.3 is 5.32 Å². The van der Waals surface area contributed by atoms with Crippen LogP contribution in [0.3, 0.4) is 0 Å². The van der Waals surface area contributed by atoms with E-state index in [0.29, 0.717) is 17.3 Å². The molecule has 0 heterocycles. The molecule has 0 bridgehead atoms. The first kappa shape index (κ1) is 13.9. The molecule has 0 spiro atoms. The van der Waals surface area contributed by atoms with Crippen LogP contribution in [-0.4, -0.2) is 11.0 Å². The minimum absolute atomic E-state index is 0.00240. The molecule has 2 aliphatic rings. The second-order valence-corrected chi connectivity index (χ2v) is 6.21. The van der Waals surface area contributed by atoms with E-state index in [9.17, 15) is 10.1 Å². The van der Waals surface area contributed by atoms with Crippen molar-refractivity contribution in [1.82, 2.24) is 0 Å². The van der Waals surface area contributed by atoms with Crippen LogP contribution in [0.1, 0.15) is 44.1 Å². The van der Waals surface area contributed by atoms with Crippen molar-refractivity contribution in [3.8, 4) is 6.07 Å². The average molecular weight is 285 g/mol. The van der Waals surface area contributed by atoms with Crippen LogP contribution >= 0.6 is 0 Å². The number of nitriles is 1. The molecule has 0 aliphatic heterocycles. The van der Waals surface area contributed by atoms with Crippen LogP contribution in [0.15, 0.2) is 18.2 Å². The molecule has 110 valence electrons. The normalized spacial score (nSPS) is 25.1. The van der Waals surface area contributed by atoms with E-state index in [1.54, 1.807) is 12.1 Å². The predicted molar refractivity (Wildman–Crippen MR) is 79.9 cm³/mol. The summed E-state index contributed by atoms with van der Waals surface area (Å²) in [4.78, 5) is 10.8. The number of nitro groups is 1. The lowest BCUT2D eigenvalue weighted by atomic mass is 9.82. The summed E-state index contributed by atoms with van der Waals surface area (Å²) in [7, 11) is 0. The van der Waals surface area contributed by atoms with Crippen LogP contribution in [0.25, 0.3) is 0 Å². The zero-order chi connectivity index (χ0) is 14.8. The van der Waals surface area contributed by atoms with E-state index in [1.165, 1.54) is 31.7 Å². The largest absolute Gasteiger partial charge is 0.377 e. The summed E-state index contributed by atoms with van der Waals surface area (Å²) in [6, 6.07) is 6.92. The van der Waals surface area contributed by atoms with Crippen LogP contribution < -0.4 is 5.32 Å². The molecule has 5 heteroatoms. The molecule has 5 nitrogen and oxygen atoms in total. The van der Waals surface area contributed by atoms with Crippen molar-refractivity contribution in [3.05, 3.63) is 33.9 Å². The van der Waals surface area contributed by atoms with E-state index in [1.807, 2.05) is 6.07 Å². The van der Waals surface area contributed by atoms with Gasteiger partial charge in [-0.3, -0.25) is 10.1 Å². The monoisotopic (exact) mass is 285 g/mol. The highest BCUT2D eigenvalue weighted by molar-refractivity contribution is 5.64. The van der Waals surface area contributed by atoms with Gasteiger partial charge in [-0.2, -0.15) is 5.26 Å². The lowest BCUT2D eigenvalue weighted by Gasteiger charge is -2.30. The molecule has 2 saturated carbocycles. The number of benzene rings is 1.